The molecular weight excluding hydrogens is 162 g/mol. The minimum absolute atomic E-state index is 0.378. The quantitative estimate of drug-likeness (QED) is 0.723. The summed E-state index contributed by atoms with van der Waals surface area (Å²) in [4.78, 5) is 0. The lowest BCUT2D eigenvalue weighted by molar-refractivity contribution is 0.0325. The molecule has 0 bridgehead atoms. The van der Waals surface area contributed by atoms with E-state index in [1.165, 1.54) is 12.8 Å². The first-order valence-corrected chi connectivity index (χ1v) is 5.43. The highest BCUT2D eigenvalue weighted by Gasteiger charge is 2.44. The summed E-state index contributed by atoms with van der Waals surface area (Å²) < 4.78 is 5.70. The Hall–Kier alpha value is -0.0800. The van der Waals surface area contributed by atoms with Gasteiger partial charge in [0.1, 0.15) is 0 Å². The molecule has 1 aliphatic heterocycles. The van der Waals surface area contributed by atoms with E-state index in [-0.39, 0.29) is 0 Å². The van der Waals surface area contributed by atoms with Gasteiger partial charge in [-0.15, -0.1) is 0 Å². The van der Waals surface area contributed by atoms with E-state index in [9.17, 15) is 0 Å². The van der Waals surface area contributed by atoms with Crippen LogP contribution in [-0.2, 0) is 4.74 Å². The second kappa shape index (κ2) is 4.43. The van der Waals surface area contributed by atoms with Gasteiger partial charge in [0.15, 0.2) is 0 Å². The molecule has 0 amide bonds. The number of rotatable bonds is 4. The molecule has 1 saturated heterocycles. The largest absolute Gasteiger partial charge is 0.378 e. The molecule has 1 N–H and O–H groups in total. The summed E-state index contributed by atoms with van der Waals surface area (Å²) in [6.45, 7) is 8.86. The maximum Gasteiger partial charge on any atom is 0.0618 e. The van der Waals surface area contributed by atoms with Gasteiger partial charge in [-0.05, 0) is 26.3 Å². The van der Waals surface area contributed by atoms with E-state index in [0.717, 1.165) is 19.1 Å². The molecule has 2 nitrogen and oxygen atoms in total. The second-order valence-electron chi connectivity index (χ2n) is 4.34. The van der Waals surface area contributed by atoms with Gasteiger partial charge in [0.25, 0.3) is 0 Å². The smallest absolute Gasteiger partial charge is 0.0618 e. The minimum atomic E-state index is 0.378. The SMILES string of the molecule is CCC(C)C1(CNC)CCOC1C. The molecule has 1 rings (SSSR count). The Kier molecular flexibility index (Phi) is 3.74. The van der Waals surface area contributed by atoms with Gasteiger partial charge in [-0.25, -0.2) is 0 Å². The van der Waals surface area contributed by atoms with Gasteiger partial charge in [-0.1, -0.05) is 20.3 Å². The molecule has 0 saturated carbocycles. The fourth-order valence-corrected chi connectivity index (χ4v) is 2.58. The van der Waals surface area contributed by atoms with Crippen LogP contribution < -0.4 is 5.32 Å². The van der Waals surface area contributed by atoms with Crippen LogP contribution in [0.25, 0.3) is 0 Å². The highest BCUT2D eigenvalue weighted by Crippen LogP contribution is 2.42. The number of nitrogens with one attached hydrogen (secondary N) is 1. The topological polar surface area (TPSA) is 21.3 Å². The van der Waals surface area contributed by atoms with Gasteiger partial charge in [-0.2, -0.15) is 0 Å². The Balaban J connectivity index is 2.73. The third kappa shape index (κ3) is 1.89. The molecule has 3 atom stereocenters. The average Bonchev–Trinajstić information content (AvgIpc) is 2.48. The molecule has 0 aromatic rings. The van der Waals surface area contributed by atoms with Crippen molar-refractivity contribution in [2.75, 3.05) is 20.2 Å². The Labute approximate surface area is 82.0 Å². The zero-order valence-electron chi connectivity index (χ0n) is 9.39. The zero-order chi connectivity index (χ0) is 9.90. The maximum atomic E-state index is 5.70. The monoisotopic (exact) mass is 185 g/mol. The van der Waals surface area contributed by atoms with Crippen molar-refractivity contribution < 1.29 is 4.74 Å². The predicted molar refractivity (Wildman–Crippen MR) is 55.8 cm³/mol. The highest BCUT2D eigenvalue weighted by molar-refractivity contribution is 4.94. The van der Waals surface area contributed by atoms with Crippen LogP contribution in [0.4, 0.5) is 0 Å². The van der Waals surface area contributed by atoms with Crippen molar-refractivity contribution in [3.8, 4) is 0 Å². The van der Waals surface area contributed by atoms with Crippen molar-refractivity contribution in [1.82, 2.24) is 5.32 Å². The molecule has 0 aromatic carbocycles. The molecule has 0 aliphatic carbocycles. The zero-order valence-corrected chi connectivity index (χ0v) is 9.39. The summed E-state index contributed by atoms with van der Waals surface area (Å²) in [5, 5.41) is 3.32. The molecule has 1 aliphatic rings. The van der Waals surface area contributed by atoms with Gasteiger partial charge in [0.05, 0.1) is 6.10 Å². The van der Waals surface area contributed by atoms with E-state index in [1.54, 1.807) is 0 Å². The summed E-state index contributed by atoms with van der Waals surface area (Å²) in [6.07, 6.45) is 2.87. The molecule has 0 spiro atoms. The summed E-state index contributed by atoms with van der Waals surface area (Å²) in [6, 6.07) is 0. The van der Waals surface area contributed by atoms with Crippen LogP contribution in [0, 0.1) is 11.3 Å². The standard InChI is InChI=1S/C11H23NO/c1-5-9(2)11(8-12-4)6-7-13-10(11)3/h9-10,12H,5-8H2,1-4H3. The molecule has 0 radical (unpaired) electrons. The van der Waals surface area contributed by atoms with Gasteiger partial charge in [0.2, 0.25) is 0 Å². The van der Waals surface area contributed by atoms with Crippen molar-refractivity contribution in [3.63, 3.8) is 0 Å². The molecule has 1 fully saturated rings. The van der Waals surface area contributed by atoms with Crippen LogP contribution in [0.3, 0.4) is 0 Å². The number of hydrogen-bond acceptors (Lipinski definition) is 2. The lowest BCUT2D eigenvalue weighted by Gasteiger charge is -2.37. The third-order valence-corrected chi connectivity index (χ3v) is 3.84. The van der Waals surface area contributed by atoms with Crippen molar-refractivity contribution in [2.24, 2.45) is 11.3 Å². The normalized spacial score (nSPS) is 36.5. The van der Waals surface area contributed by atoms with Gasteiger partial charge in [0, 0.05) is 18.6 Å². The van der Waals surface area contributed by atoms with Crippen molar-refractivity contribution in [2.45, 2.75) is 39.7 Å². The van der Waals surface area contributed by atoms with Crippen LogP contribution in [-0.4, -0.2) is 26.3 Å². The lowest BCUT2D eigenvalue weighted by Crippen LogP contribution is -2.43. The van der Waals surface area contributed by atoms with E-state index in [0.29, 0.717) is 11.5 Å². The van der Waals surface area contributed by atoms with Crippen molar-refractivity contribution in [1.29, 1.82) is 0 Å². The molecule has 3 unspecified atom stereocenters. The lowest BCUT2D eigenvalue weighted by atomic mass is 9.70. The molecule has 0 aromatic heterocycles. The predicted octanol–water partition coefficient (Wildman–Crippen LogP) is 2.05. The van der Waals surface area contributed by atoms with E-state index < -0.39 is 0 Å². The van der Waals surface area contributed by atoms with Crippen LogP contribution in [0.2, 0.25) is 0 Å². The maximum absolute atomic E-state index is 5.70. The average molecular weight is 185 g/mol. The third-order valence-electron chi connectivity index (χ3n) is 3.84. The molecular formula is C11H23NO. The second-order valence-corrected chi connectivity index (χ2v) is 4.34. The first-order chi connectivity index (χ1) is 6.17. The van der Waals surface area contributed by atoms with E-state index in [4.69, 9.17) is 4.74 Å². The fraction of sp³-hybridized carbons (Fsp3) is 1.00. The number of ether oxygens (including phenoxy) is 1. The Morgan fingerprint density at radius 2 is 2.31 bits per heavy atom. The van der Waals surface area contributed by atoms with E-state index >= 15 is 0 Å². The molecule has 78 valence electrons. The van der Waals surface area contributed by atoms with Crippen LogP contribution in [0.1, 0.15) is 33.6 Å². The Morgan fingerprint density at radius 3 is 2.69 bits per heavy atom. The molecule has 2 heteroatoms. The van der Waals surface area contributed by atoms with Crippen molar-refractivity contribution >= 4 is 0 Å². The number of hydrogen-bond donors (Lipinski definition) is 1. The van der Waals surface area contributed by atoms with Crippen LogP contribution in [0.5, 0.6) is 0 Å². The van der Waals surface area contributed by atoms with Crippen LogP contribution >= 0.6 is 0 Å². The summed E-state index contributed by atoms with van der Waals surface area (Å²) >= 11 is 0. The van der Waals surface area contributed by atoms with E-state index in [1.807, 2.05) is 7.05 Å². The first-order valence-electron chi connectivity index (χ1n) is 5.43. The summed E-state index contributed by atoms with van der Waals surface area (Å²) in [7, 11) is 2.04. The minimum Gasteiger partial charge on any atom is -0.378 e. The summed E-state index contributed by atoms with van der Waals surface area (Å²) in [5.41, 5.74) is 0.378. The van der Waals surface area contributed by atoms with Gasteiger partial charge < -0.3 is 10.1 Å². The molecule has 13 heavy (non-hydrogen) atoms. The molecule has 1 heterocycles. The van der Waals surface area contributed by atoms with Crippen LogP contribution in [0.15, 0.2) is 0 Å². The van der Waals surface area contributed by atoms with Crippen molar-refractivity contribution in [3.05, 3.63) is 0 Å². The fourth-order valence-electron chi connectivity index (χ4n) is 2.58. The van der Waals surface area contributed by atoms with Gasteiger partial charge >= 0.3 is 0 Å². The van der Waals surface area contributed by atoms with E-state index in [2.05, 4.69) is 26.1 Å². The Morgan fingerprint density at radius 1 is 1.62 bits per heavy atom. The van der Waals surface area contributed by atoms with Gasteiger partial charge in [-0.3, -0.25) is 0 Å². The summed E-state index contributed by atoms with van der Waals surface area (Å²) in [5.74, 6) is 0.748. The first kappa shape index (κ1) is 11.0. The Bertz CT molecular complexity index is 160. The highest BCUT2D eigenvalue weighted by atomic mass is 16.5.